The van der Waals surface area contributed by atoms with Gasteiger partial charge in [0.2, 0.25) is 0 Å². The SMILES string of the molecule is CCOCCNC(=O)c1nc2cccnc2n(C2CC2)c1=O. The topological polar surface area (TPSA) is 86.1 Å². The van der Waals surface area contributed by atoms with Crippen LogP contribution in [0.4, 0.5) is 0 Å². The molecule has 1 fully saturated rings. The highest BCUT2D eigenvalue weighted by atomic mass is 16.5. The van der Waals surface area contributed by atoms with Gasteiger partial charge in [-0.2, -0.15) is 0 Å². The monoisotopic (exact) mass is 302 g/mol. The normalized spacial score (nSPS) is 14.2. The zero-order valence-electron chi connectivity index (χ0n) is 12.4. The maximum absolute atomic E-state index is 12.6. The maximum Gasteiger partial charge on any atom is 0.284 e. The molecule has 2 heterocycles. The zero-order valence-corrected chi connectivity index (χ0v) is 12.4. The minimum absolute atomic E-state index is 0.0797. The van der Waals surface area contributed by atoms with E-state index in [2.05, 4.69) is 15.3 Å². The number of hydrogen-bond donors (Lipinski definition) is 1. The number of ether oxygens (including phenoxy) is 1. The van der Waals surface area contributed by atoms with Crippen molar-refractivity contribution in [2.45, 2.75) is 25.8 Å². The van der Waals surface area contributed by atoms with Gasteiger partial charge in [-0.25, -0.2) is 9.97 Å². The third-order valence-corrected chi connectivity index (χ3v) is 3.51. The Balaban J connectivity index is 1.94. The molecular formula is C15H18N4O3. The Labute approximate surface area is 127 Å². The Hall–Kier alpha value is -2.28. The molecule has 1 aliphatic rings. The Morgan fingerprint density at radius 2 is 2.32 bits per heavy atom. The molecule has 2 aromatic heterocycles. The first kappa shape index (κ1) is 14.6. The largest absolute Gasteiger partial charge is 0.380 e. The average Bonchev–Trinajstić information content (AvgIpc) is 3.35. The molecule has 1 aliphatic carbocycles. The fourth-order valence-corrected chi connectivity index (χ4v) is 2.32. The maximum atomic E-state index is 12.6. The molecule has 1 saturated carbocycles. The number of nitrogens with one attached hydrogen (secondary N) is 1. The summed E-state index contributed by atoms with van der Waals surface area (Å²) >= 11 is 0. The van der Waals surface area contributed by atoms with Crippen LogP contribution >= 0.6 is 0 Å². The van der Waals surface area contributed by atoms with Gasteiger partial charge in [0.1, 0.15) is 5.52 Å². The quantitative estimate of drug-likeness (QED) is 0.801. The van der Waals surface area contributed by atoms with Gasteiger partial charge in [-0.1, -0.05) is 0 Å². The Morgan fingerprint density at radius 1 is 1.50 bits per heavy atom. The predicted octanol–water partition coefficient (Wildman–Crippen LogP) is 0.893. The molecule has 1 amide bonds. The summed E-state index contributed by atoms with van der Waals surface area (Å²) in [5, 5.41) is 2.67. The van der Waals surface area contributed by atoms with Crippen LogP contribution in [0.2, 0.25) is 0 Å². The van der Waals surface area contributed by atoms with Crippen LogP contribution in [-0.4, -0.2) is 40.2 Å². The molecule has 0 saturated heterocycles. The molecule has 0 aliphatic heterocycles. The molecule has 1 N–H and O–H groups in total. The Morgan fingerprint density at radius 3 is 3.05 bits per heavy atom. The molecule has 0 aromatic carbocycles. The summed E-state index contributed by atoms with van der Waals surface area (Å²) in [5.74, 6) is -0.468. The van der Waals surface area contributed by atoms with Crippen molar-refractivity contribution in [3.63, 3.8) is 0 Å². The van der Waals surface area contributed by atoms with E-state index < -0.39 is 5.91 Å². The van der Waals surface area contributed by atoms with E-state index in [0.29, 0.717) is 30.9 Å². The second-order valence-corrected chi connectivity index (χ2v) is 5.17. The molecule has 0 spiro atoms. The van der Waals surface area contributed by atoms with E-state index in [1.807, 2.05) is 6.92 Å². The van der Waals surface area contributed by atoms with E-state index in [1.54, 1.807) is 22.9 Å². The summed E-state index contributed by atoms with van der Waals surface area (Å²) in [5.41, 5.74) is 0.649. The fraction of sp³-hybridized carbons (Fsp3) is 0.467. The van der Waals surface area contributed by atoms with Crippen molar-refractivity contribution >= 4 is 17.1 Å². The lowest BCUT2D eigenvalue weighted by molar-refractivity contribution is 0.0916. The van der Waals surface area contributed by atoms with Crippen LogP contribution in [0.15, 0.2) is 23.1 Å². The van der Waals surface area contributed by atoms with Crippen molar-refractivity contribution in [1.29, 1.82) is 0 Å². The number of pyridine rings is 1. The van der Waals surface area contributed by atoms with E-state index in [4.69, 9.17) is 4.74 Å². The number of carbonyl (C=O) groups is 1. The van der Waals surface area contributed by atoms with E-state index in [0.717, 1.165) is 12.8 Å². The number of rotatable bonds is 6. The molecule has 3 rings (SSSR count). The number of hydrogen-bond acceptors (Lipinski definition) is 5. The van der Waals surface area contributed by atoms with Gasteiger partial charge in [0, 0.05) is 25.4 Å². The van der Waals surface area contributed by atoms with Crippen molar-refractivity contribution in [2.24, 2.45) is 0 Å². The van der Waals surface area contributed by atoms with Crippen molar-refractivity contribution in [3.8, 4) is 0 Å². The smallest absolute Gasteiger partial charge is 0.284 e. The van der Waals surface area contributed by atoms with Gasteiger partial charge in [0.25, 0.3) is 11.5 Å². The second kappa shape index (κ2) is 6.23. The van der Waals surface area contributed by atoms with Crippen LogP contribution in [0, 0.1) is 0 Å². The summed E-state index contributed by atoms with van der Waals surface area (Å²) in [7, 11) is 0. The molecule has 0 atom stereocenters. The van der Waals surface area contributed by atoms with E-state index in [-0.39, 0.29) is 17.3 Å². The number of carbonyl (C=O) groups excluding carboxylic acids is 1. The van der Waals surface area contributed by atoms with Gasteiger partial charge in [-0.3, -0.25) is 14.2 Å². The Kier molecular flexibility index (Phi) is 4.15. The number of fused-ring (bicyclic) bond motifs is 1. The van der Waals surface area contributed by atoms with E-state index in [1.165, 1.54) is 0 Å². The minimum Gasteiger partial charge on any atom is -0.380 e. The highest BCUT2D eigenvalue weighted by Crippen LogP contribution is 2.35. The fourth-order valence-electron chi connectivity index (χ4n) is 2.32. The standard InChI is InChI=1S/C15H18N4O3/c1-2-22-9-8-17-14(20)12-15(21)19(10-5-6-10)13-11(18-12)4-3-7-16-13/h3-4,7,10H,2,5-6,8-9H2,1H3,(H,17,20). The summed E-state index contributed by atoms with van der Waals surface area (Å²) in [6.45, 7) is 3.23. The lowest BCUT2D eigenvalue weighted by atomic mass is 10.3. The summed E-state index contributed by atoms with van der Waals surface area (Å²) in [4.78, 5) is 33.2. The van der Waals surface area contributed by atoms with Gasteiger partial charge in [-0.05, 0) is 31.9 Å². The molecular weight excluding hydrogens is 284 g/mol. The first-order chi connectivity index (χ1) is 10.7. The van der Waals surface area contributed by atoms with E-state index >= 15 is 0 Å². The van der Waals surface area contributed by atoms with Crippen LogP contribution < -0.4 is 10.9 Å². The van der Waals surface area contributed by atoms with Crippen molar-refractivity contribution in [1.82, 2.24) is 19.9 Å². The first-order valence-electron chi connectivity index (χ1n) is 7.45. The molecule has 0 bridgehead atoms. The van der Waals surface area contributed by atoms with Gasteiger partial charge < -0.3 is 10.1 Å². The summed E-state index contributed by atoms with van der Waals surface area (Å²) in [6.07, 6.45) is 3.49. The highest BCUT2D eigenvalue weighted by Gasteiger charge is 2.29. The summed E-state index contributed by atoms with van der Waals surface area (Å²) in [6, 6.07) is 3.63. The van der Waals surface area contributed by atoms with Crippen LogP contribution in [0.5, 0.6) is 0 Å². The second-order valence-electron chi connectivity index (χ2n) is 5.17. The molecule has 0 unspecified atom stereocenters. The molecule has 0 radical (unpaired) electrons. The predicted molar refractivity (Wildman–Crippen MR) is 80.9 cm³/mol. The molecule has 2 aromatic rings. The van der Waals surface area contributed by atoms with Gasteiger partial charge in [0.15, 0.2) is 11.3 Å². The molecule has 7 nitrogen and oxygen atoms in total. The van der Waals surface area contributed by atoms with Crippen LogP contribution in [0.1, 0.15) is 36.3 Å². The summed E-state index contributed by atoms with van der Waals surface area (Å²) < 4.78 is 6.76. The minimum atomic E-state index is -0.468. The van der Waals surface area contributed by atoms with Crippen LogP contribution in [0.25, 0.3) is 11.2 Å². The first-order valence-corrected chi connectivity index (χ1v) is 7.45. The third-order valence-electron chi connectivity index (χ3n) is 3.51. The number of aromatic nitrogens is 3. The molecule has 116 valence electrons. The zero-order chi connectivity index (χ0) is 15.5. The van der Waals surface area contributed by atoms with Gasteiger partial charge >= 0.3 is 0 Å². The molecule has 22 heavy (non-hydrogen) atoms. The third kappa shape index (κ3) is 2.85. The van der Waals surface area contributed by atoms with Crippen LogP contribution in [-0.2, 0) is 4.74 Å². The van der Waals surface area contributed by atoms with Crippen molar-refractivity contribution in [3.05, 3.63) is 34.4 Å². The highest BCUT2D eigenvalue weighted by molar-refractivity contribution is 5.93. The molecule has 7 heteroatoms. The Bertz CT molecular complexity index is 752. The van der Waals surface area contributed by atoms with Crippen molar-refractivity contribution < 1.29 is 9.53 Å². The van der Waals surface area contributed by atoms with Crippen molar-refractivity contribution in [2.75, 3.05) is 19.8 Å². The lowest BCUT2D eigenvalue weighted by Crippen LogP contribution is -2.36. The average molecular weight is 302 g/mol. The van der Waals surface area contributed by atoms with E-state index in [9.17, 15) is 9.59 Å². The van der Waals surface area contributed by atoms with Gasteiger partial charge in [0.05, 0.1) is 6.61 Å². The lowest BCUT2D eigenvalue weighted by Gasteiger charge is -2.10. The van der Waals surface area contributed by atoms with Crippen LogP contribution in [0.3, 0.4) is 0 Å². The number of amides is 1. The van der Waals surface area contributed by atoms with Gasteiger partial charge in [-0.15, -0.1) is 0 Å². The number of nitrogens with zero attached hydrogens (tertiary/aromatic N) is 3.